The second-order valence-corrected chi connectivity index (χ2v) is 4.70. The van der Waals surface area contributed by atoms with Crippen molar-refractivity contribution < 1.29 is 20.1 Å². The first-order valence-electron chi connectivity index (χ1n) is 6.45. The molecule has 1 saturated carbocycles. The molecule has 0 bridgehead atoms. The van der Waals surface area contributed by atoms with Gasteiger partial charge in [-0.1, -0.05) is 37.6 Å². The Labute approximate surface area is 108 Å². The largest absolute Gasteiger partial charge is 0.396 e. The van der Waals surface area contributed by atoms with Gasteiger partial charge in [0.25, 0.3) is 0 Å². The predicted molar refractivity (Wildman–Crippen MR) is 68.9 cm³/mol. The van der Waals surface area contributed by atoms with Crippen molar-refractivity contribution in [3.63, 3.8) is 0 Å². The van der Waals surface area contributed by atoms with Gasteiger partial charge in [-0.15, -0.1) is 0 Å². The molecule has 0 radical (unpaired) electrons. The van der Waals surface area contributed by atoms with Crippen LogP contribution in [0.5, 0.6) is 0 Å². The molecule has 0 heterocycles. The zero-order valence-corrected chi connectivity index (χ0v) is 10.7. The summed E-state index contributed by atoms with van der Waals surface area (Å²) in [5.41, 5.74) is 0. The summed E-state index contributed by atoms with van der Waals surface area (Å²) in [5.74, 6) is -1.30. The number of hydrogen-bond acceptors (Lipinski definition) is 4. The maximum Gasteiger partial charge on any atom is 0.169 e. The van der Waals surface area contributed by atoms with Crippen molar-refractivity contribution in [1.29, 1.82) is 0 Å². The van der Waals surface area contributed by atoms with Crippen LogP contribution < -0.4 is 0 Å². The second kappa shape index (κ2) is 7.46. The molecule has 0 aromatic rings. The third kappa shape index (κ3) is 3.77. The normalized spacial score (nSPS) is 33.7. The predicted octanol–water partition coefficient (Wildman–Crippen LogP) is 0.818. The van der Waals surface area contributed by atoms with Crippen LogP contribution >= 0.6 is 0 Å². The van der Waals surface area contributed by atoms with Gasteiger partial charge >= 0.3 is 0 Å². The van der Waals surface area contributed by atoms with Crippen molar-refractivity contribution in [3.05, 3.63) is 24.3 Å². The number of allylic oxidation sites excluding steroid dienone is 4. The molecule has 102 valence electrons. The molecule has 4 atom stereocenters. The van der Waals surface area contributed by atoms with E-state index in [0.29, 0.717) is 6.42 Å². The molecule has 1 fully saturated rings. The van der Waals surface area contributed by atoms with Crippen LogP contribution in [0.2, 0.25) is 0 Å². The van der Waals surface area contributed by atoms with Crippen molar-refractivity contribution in [1.82, 2.24) is 0 Å². The maximum absolute atomic E-state index is 11.7. The van der Waals surface area contributed by atoms with E-state index in [9.17, 15) is 20.1 Å². The van der Waals surface area contributed by atoms with E-state index in [2.05, 4.69) is 6.92 Å². The monoisotopic (exact) mass is 254 g/mol. The van der Waals surface area contributed by atoms with E-state index in [1.54, 1.807) is 0 Å². The Morgan fingerprint density at radius 3 is 2.67 bits per heavy atom. The summed E-state index contributed by atoms with van der Waals surface area (Å²) in [6.07, 6.45) is 7.57. The number of aliphatic hydroxyl groups excluding tert-OH is 3. The molecule has 4 heteroatoms. The first-order chi connectivity index (χ1) is 8.61. The van der Waals surface area contributed by atoms with Gasteiger partial charge < -0.3 is 15.3 Å². The number of carbonyl (C=O) groups is 1. The lowest BCUT2D eigenvalue weighted by Gasteiger charge is -2.33. The molecule has 0 spiro atoms. The molecule has 1 aliphatic carbocycles. The van der Waals surface area contributed by atoms with Crippen LogP contribution in [0.3, 0.4) is 0 Å². The van der Waals surface area contributed by atoms with Gasteiger partial charge in [-0.25, -0.2) is 0 Å². The van der Waals surface area contributed by atoms with Crippen LogP contribution in [0.15, 0.2) is 24.3 Å². The third-order valence-corrected chi connectivity index (χ3v) is 3.31. The number of hydrogen-bond donors (Lipinski definition) is 3. The SMILES string of the molecule is CCC/C=C/C=C\[C@@H]1C[C@H](O)[C@H](O)C(=O)[C@@H]1CO. The minimum atomic E-state index is -1.36. The van der Waals surface area contributed by atoms with Crippen LogP contribution in [-0.4, -0.2) is 39.9 Å². The summed E-state index contributed by atoms with van der Waals surface area (Å²) >= 11 is 0. The molecule has 3 N–H and O–H groups in total. The van der Waals surface area contributed by atoms with E-state index >= 15 is 0 Å². The van der Waals surface area contributed by atoms with E-state index in [0.717, 1.165) is 12.8 Å². The minimum Gasteiger partial charge on any atom is -0.396 e. The van der Waals surface area contributed by atoms with Gasteiger partial charge in [0.15, 0.2) is 5.78 Å². The number of unbranched alkanes of at least 4 members (excludes halogenated alkanes) is 1. The zero-order chi connectivity index (χ0) is 13.5. The van der Waals surface area contributed by atoms with Gasteiger partial charge in [0.05, 0.1) is 12.7 Å². The molecular weight excluding hydrogens is 232 g/mol. The van der Waals surface area contributed by atoms with Gasteiger partial charge in [-0.05, 0) is 18.8 Å². The molecular formula is C14H22O4. The van der Waals surface area contributed by atoms with E-state index < -0.39 is 23.9 Å². The molecule has 1 rings (SSSR count). The second-order valence-electron chi connectivity index (χ2n) is 4.70. The van der Waals surface area contributed by atoms with Gasteiger partial charge in [-0.2, -0.15) is 0 Å². The number of Topliss-reactive ketones (excluding diaryl/α,β-unsaturated/α-hetero) is 1. The maximum atomic E-state index is 11.7. The van der Waals surface area contributed by atoms with Crippen molar-refractivity contribution in [2.45, 2.75) is 38.4 Å². The quantitative estimate of drug-likeness (QED) is 0.635. The fourth-order valence-electron chi connectivity index (χ4n) is 2.18. The highest BCUT2D eigenvalue weighted by molar-refractivity contribution is 5.87. The summed E-state index contributed by atoms with van der Waals surface area (Å²) in [6.45, 7) is 1.80. The molecule has 1 aliphatic rings. The number of aliphatic hydroxyl groups is 3. The van der Waals surface area contributed by atoms with Crippen molar-refractivity contribution in [2.75, 3.05) is 6.61 Å². The third-order valence-electron chi connectivity index (χ3n) is 3.31. The molecule has 0 aliphatic heterocycles. The topological polar surface area (TPSA) is 77.8 Å². The average molecular weight is 254 g/mol. The van der Waals surface area contributed by atoms with Gasteiger partial charge in [0.1, 0.15) is 6.10 Å². The summed E-state index contributed by atoms with van der Waals surface area (Å²) < 4.78 is 0. The molecule has 4 nitrogen and oxygen atoms in total. The van der Waals surface area contributed by atoms with E-state index in [1.165, 1.54) is 0 Å². The Hall–Kier alpha value is -0.970. The van der Waals surface area contributed by atoms with Crippen LogP contribution in [0.25, 0.3) is 0 Å². The van der Waals surface area contributed by atoms with Gasteiger partial charge in [0.2, 0.25) is 0 Å². The lowest BCUT2D eigenvalue weighted by atomic mass is 9.75. The van der Waals surface area contributed by atoms with E-state index in [-0.39, 0.29) is 12.5 Å². The highest BCUT2D eigenvalue weighted by Gasteiger charge is 2.40. The first-order valence-corrected chi connectivity index (χ1v) is 6.45. The Morgan fingerprint density at radius 1 is 1.33 bits per heavy atom. The fraction of sp³-hybridized carbons (Fsp3) is 0.643. The van der Waals surface area contributed by atoms with Crippen LogP contribution in [0.4, 0.5) is 0 Å². The smallest absolute Gasteiger partial charge is 0.169 e. The Morgan fingerprint density at radius 2 is 2.06 bits per heavy atom. The van der Waals surface area contributed by atoms with Crippen LogP contribution in [0.1, 0.15) is 26.2 Å². The van der Waals surface area contributed by atoms with Gasteiger partial charge in [0, 0.05) is 5.92 Å². The first kappa shape index (κ1) is 15.1. The zero-order valence-electron chi connectivity index (χ0n) is 10.7. The summed E-state index contributed by atoms with van der Waals surface area (Å²) in [4.78, 5) is 11.7. The summed E-state index contributed by atoms with van der Waals surface area (Å²) in [5, 5.41) is 28.2. The highest BCUT2D eigenvalue weighted by Crippen LogP contribution is 2.28. The molecule has 0 saturated heterocycles. The summed E-state index contributed by atoms with van der Waals surface area (Å²) in [6, 6.07) is 0. The highest BCUT2D eigenvalue weighted by atomic mass is 16.3. The average Bonchev–Trinajstić information content (AvgIpc) is 2.36. The molecule has 0 unspecified atom stereocenters. The number of ketones is 1. The van der Waals surface area contributed by atoms with Crippen molar-refractivity contribution in [2.24, 2.45) is 11.8 Å². The standard InChI is InChI=1S/C14H22O4/c1-2-3-4-5-6-7-10-8-12(16)14(18)13(17)11(10)9-15/h4-7,10-12,14-16,18H,2-3,8-9H2,1H3/b5-4+,7-6-/t10-,11-,12+,14+/m1/s1. The fourth-order valence-corrected chi connectivity index (χ4v) is 2.18. The molecule has 18 heavy (non-hydrogen) atoms. The lowest BCUT2D eigenvalue weighted by Crippen LogP contribution is -2.48. The Bertz CT molecular complexity index is 322. The molecule has 0 amide bonds. The van der Waals surface area contributed by atoms with Crippen molar-refractivity contribution >= 4 is 5.78 Å². The van der Waals surface area contributed by atoms with Crippen LogP contribution in [0, 0.1) is 11.8 Å². The minimum absolute atomic E-state index is 0.216. The van der Waals surface area contributed by atoms with Crippen molar-refractivity contribution in [3.8, 4) is 0 Å². The summed E-state index contributed by atoms with van der Waals surface area (Å²) in [7, 11) is 0. The molecule has 0 aromatic heterocycles. The Balaban J connectivity index is 2.65. The number of rotatable bonds is 5. The van der Waals surface area contributed by atoms with Gasteiger partial charge in [-0.3, -0.25) is 4.79 Å². The van der Waals surface area contributed by atoms with Crippen LogP contribution in [-0.2, 0) is 4.79 Å². The lowest BCUT2D eigenvalue weighted by molar-refractivity contribution is -0.146. The Kier molecular flexibility index (Phi) is 6.25. The van der Waals surface area contributed by atoms with E-state index in [1.807, 2.05) is 24.3 Å². The molecule has 0 aromatic carbocycles. The van der Waals surface area contributed by atoms with E-state index in [4.69, 9.17) is 0 Å². The number of carbonyl (C=O) groups excluding carboxylic acids is 1.